The monoisotopic (exact) mass is 366 g/mol. The Kier molecular flexibility index (Phi) is 5.49. The summed E-state index contributed by atoms with van der Waals surface area (Å²) in [4.78, 5) is 20.9. The molecule has 0 fully saturated rings. The molecule has 26 heavy (non-hydrogen) atoms. The average Bonchev–Trinajstić information content (AvgIpc) is 2.64. The van der Waals surface area contributed by atoms with E-state index in [0.29, 0.717) is 16.5 Å². The number of aryl methyl sites for hydroxylation is 2. The third kappa shape index (κ3) is 4.18. The quantitative estimate of drug-likeness (QED) is 0.667. The third-order valence-electron chi connectivity index (χ3n) is 3.97. The topological polar surface area (TPSA) is 66.9 Å². The average molecular weight is 367 g/mol. The Morgan fingerprint density at radius 3 is 2.54 bits per heavy atom. The van der Waals surface area contributed by atoms with Crippen LogP contribution in [0.3, 0.4) is 0 Å². The highest BCUT2D eigenvalue weighted by Crippen LogP contribution is 2.22. The van der Waals surface area contributed by atoms with E-state index in [0.717, 1.165) is 28.9 Å². The van der Waals surface area contributed by atoms with Gasteiger partial charge < -0.3 is 10.6 Å². The zero-order valence-corrected chi connectivity index (χ0v) is 15.3. The van der Waals surface area contributed by atoms with Gasteiger partial charge in [0.15, 0.2) is 0 Å². The minimum absolute atomic E-state index is 0.233. The number of hydrogen-bond acceptors (Lipinski definition) is 4. The molecular weight excluding hydrogens is 348 g/mol. The molecule has 3 rings (SSSR count). The standard InChI is InChI=1S/C20H19ClN4O/c1-3-14-7-4-6-13(2)18(14)25-19(26)15-11-22-20(23-12-15)24-17-9-5-8-16(21)10-17/h4-12H,3H2,1-2H3,(H,25,26)(H,22,23,24). The first-order chi connectivity index (χ1) is 12.6. The maximum absolute atomic E-state index is 12.5. The number of rotatable bonds is 5. The molecule has 0 radical (unpaired) electrons. The fraction of sp³-hybridized carbons (Fsp3) is 0.150. The molecule has 1 aromatic heterocycles. The molecule has 0 saturated heterocycles. The van der Waals surface area contributed by atoms with E-state index in [1.165, 1.54) is 12.4 Å². The van der Waals surface area contributed by atoms with E-state index < -0.39 is 0 Å². The van der Waals surface area contributed by atoms with Crippen molar-refractivity contribution in [2.45, 2.75) is 20.3 Å². The van der Waals surface area contributed by atoms with E-state index in [1.807, 2.05) is 37.3 Å². The SMILES string of the molecule is CCc1cccc(C)c1NC(=O)c1cnc(Nc2cccc(Cl)c2)nc1. The van der Waals surface area contributed by atoms with Crippen LogP contribution in [0.2, 0.25) is 5.02 Å². The molecule has 0 spiro atoms. The second-order valence-corrected chi connectivity index (χ2v) is 6.28. The van der Waals surface area contributed by atoms with Gasteiger partial charge in [0.2, 0.25) is 5.95 Å². The number of nitrogens with zero attached hydrogens (tertiary/aromatic N) is 2. The summed E-state index contributed by atoms with van der Waals surface area (Å²) in [6.07, 6.45) is 3.84. The number of benzene rings is 2. The van der Waals surface area contributed by atoms with Gasteiger partial charge in [-0.2, -0.15) is 0 Å². The van der Waals surface area contributed by atoms with E-state index in [1.54, 1.807) is 12.1 Å². The molecule has 0 saturated carbocycles. The van der Waals surface area contributed by atoms with Gasteiger partial charge in [0.25, 0.3) is 5.91 Å². The van der Waals surface area contributed by atoms with Crippen LogP contribution in [0.1, 0.15) is 28.4 Å². The third-order valence-corrected chi connectivity index (χ3v) is 4.21. The highest BCUT2D eigenvalue weighted by molar-refractivity contribution is 6.30. The Balaban J connectivity index is 1.73. The van der Waals surface area contributed by atoms with Crippen molar-refractivity contribution in [2.75, 3.05) is 10.6 Å². The molecule has 0 bridgehead atoms. The lowest BCUT2D eigenvalue weighted by Crippen LogP contribution is -2.15. The molecule has 0 aliphatic heterocycles. The Hall–Kier alpha value is -2.92. The van der Waals surface area contributed by atoms with E-state index in [9.17, 15) is 4.79 Å². The number of carbonyl (C=O) groups excluding carboxylic acids is 1. The van der Waals surface area contributed by atoms with E-state index in [4.69, 9.17) is 11.6 Å². The minimum Gasteiger partial charge on any atom is -0.324 e. The number of nitrogens with one attached hydrogen (secondary N) is 2. The van der Waals surface area contributed by atoms with Crippen LogP contribution < -0.4 is 10.6 Å². The number of para-hydroxylation sites is 1. The smallest absolute Gasteiger partial charge is 0.258 e. The van der Waals surface area contributed by atoms with Crippen LogP contribution in [0.15, 0.2) is 54.9 Å². The largest absolute Gasteiger partial charge is 0.324 e. The first-order valence-electron chi connectivity index (χ1n) is 8.31. The molecule has 1 amide bonds. The number of halogens is 1. The lowest BCUT2D eigenvalue weighted by Gasteiger charge is -2.13. The van der Waals surface area contributed by atoms with Crippen LogP contribution in [0.4, 0.5) is 17.3 Å². The van der Waals surface area contributed by atoms with Crippen molar-refractivity contribution in [1.29, 1.82) is 0 Å². The summed E-state index contributed by atoms with van der Waals surface area (Å²) in [7, 11) is 0. The summed E-state index contributed by atoms with van der Waals surface area (Å²) >= 11 is 5.96. The maximum atomic E-state index is 12.5. The van der Waals surface area contributed by atoms with E-state index in [2.05, 4.69) is 27.5 Å². The highest BCUT2D eigenvalue weighted by Gasteiger charge is 2.12. The number of aromatic nitrogens is 2. The van der Waals surface area contributed by atoms with Gasteiger partial charge in [-0.1, -0.05) is 42.8 Å². The number of amides is 1. The summed E-state index contributed by atoms with van der Waals surface area (Å²) in [5.41, 5.74) is 4.15. The van der Waals surface area contributed by atoms with Gasteiger partial charge in [-0.15, -0.1) is 0 Å². The van der Waals surface area contributed by atoms with E-state index >= 15 is 0 Å². The molecule has 1 heterocycles. The number of anilines is 3. The first kappa shape index (κ1) is 17.9. The molecule has 132 valence electrons. The predicted octanol–water partition coefficient (Wildman–Crippen LogP) is 5.00. The molecule has 0 aliphatic carbocycles. The highest BCUT2D eigenvalue weighted by atomic mass is 35.5. The second-order valence-electron chi connectivity index (χ2n) is 5.85. The lowest BCUT2D eigenvalue weighted by molar-refractivity contribution is 0.102. The van der Waals surface area contributed by atoms with Crippen molar-refractivity contribution in [2.24, 2.45) is 0 Å². The summed E-state index contributed by atoms with van der Waals surface area (Å²) < 4.78 is 0. The fourth-order valence-corrected chi connectivity index (χ4v) is 2.78. The van der Waals surface area contributed by atoms with Crippen molar-refractivity contribution in [1.82, 2.24) is 9.97 Å². The number of carbonyl (C=O) groups is 1. The molecule has 2 aromatic carbocycles. The van der Waals surface area contributed by atoms with Crippen molar-refractivity contribution < 1.29 is 4.79 Å². The zero-order valence-electron chi connectivity index (χ0n) is 14.6. The van der Waals surface area contributed by atoms with Gasteiger partial charge in [-0.3, -0.25) is 4.79 Å². The predicted molar refractivity (Wildman–Crippen MR) is 105 cm³/mol. The van der Waals surface area contributed by atoms with Gasteiger partial charge in [0, 0.05) is 28.8 Å². The second kappa shape index (κ2) is 7.97. The Morgan fingerprint density at radius 2 is 1.85 bits per heavy atom. The van der Waals surface area contributed by atoms with Crippen molar-refractivity contribution in [3.63, 3.8) is 0 Å². The molecule has 0 unspecified atom stereocenters. The summed E-state index contributed by atoms with van der Waals surface area (Å²) in [6.45, 7) is 4.03. The van der Waals surface area contributed by atoms with Crippen LogP contribution in [0, 0.1) is 6.92 Å². The van der Waals surface area contributed by atoms with Crippen molar-refractivity contribution >= 4 is 34.8 Å². The van der Waals surface area contributed by atoms with Gasteiger partial charge in [-0.25, -0.2) is 9.97 Å². The molecular formula is C20H19ClN4O. The molecule has 0 atom stereocenters. The maximum Gasteiger partial charge on any atom is 0.258 e. The van der Waals surface area contributed by atoms with Crippen LogP contribution in [-0.2, 0) is 6.42 Å². The van der Waals surface area contributed by atoms with Crippen LogP contribution in [-0.4, -0.2) is 15.9 Å². The normalized spacial score (nSPS) is 10.4. The van der Waals surface area contributed by atoms with Crippen LogP contribution in [0.5, 0.6) is 0 Å². The summed E-state index contributed by atoms with van der Waals surface area (Å²) in [5, 5.41) is 6.64. The van der Waals surface area contributed by atoms with Crippen molar-refractivity contribution in [3.8, 4) is 0 Å². The number of hydrogen-bond donors (Lipinski definition) is 2. The Bertz CT molecular complexity index is 925. The van der Waals surface area contributed by atoms with Gasteiger partial charge >= 0.3 is 0 Å². The van der Waals surface area contributed by atoms with Gasteiger partial charge in [-0.05, 0) is 42.7 Å². The van der Waals surface area contributed by atoms with Crippen LogP contribution in [0.25, 0.3) is 0 Å². The van der Waals surface area contributed by atoms with Crippen LogP contribution >= 0.6 is 11.6 Å². The molecule has 6 heteroatoms. The molecule has 3 aromatic rings. The van der Waals surface area contributed by atoms with Crippen molar-refractivity contribution in [3.05, 3.63) is 76.6 Å². The first-order valence-corrected chi connectivity index (χ1v) is 8.69. The minimum atomic E-state index is -0.233. The molecule has 5 nitrogen and oxygen atoms in total. The Morgan fingerprint density at radius 1 is 1.12 bits per heavy atom. The Labute approximate surface area is 157 Å². The molecule has 2 N–H and O–H groups in total. The zero-order chi connectivity index (χ0) is 18.5. The summed E-state index contributed by atoms with van der Waals surface area (Å²) in [6, 6.07) is 13.2. The molecule has 0 aliphatic rings. The lowest BCUT2D eigenvalue weighted by atomic mass is 10.1. The van der Waals surface area contributed by atoms with Gasteiger partial charge in [0.1, 0.15) is 0 Å². The van der Waals surface area contributed by atoms with Gasteiger partial charge in [0.05, 0.1) is 5.56 Å². The summed E-state index contributed by atoms with van der Waals surface area (Å²) in [5.74, 6) is 0.164. The van der Waals surface area contributed by atoms with E-state index in [-0.39, 0.29) is 5.91 Å². The fourth-order valence-electron chi connectivity index (χ4n) is 2.59.